The second-order valence-corrected chi connectivity index (χ2v) is 6.03. The normalized spacial score (nSPS) is 19.3. The minimum Gasteiger partial charge on any atom is -0.394 e. The fourth-order valence-corrected chi connectivity index (χ4v) is 2.05. The Balaban J connectivity index is 4.21. The lowest BCUT2D eigenvalue weighted by Crippen LogP contribution is -2.40. The van der Waals surface area contributed by atoms with Crippen LogP contribution >= 0.6 is 0 Å². The van der Waals surface area contributed by atoms with Crippen molar-refractivity contribution in [3.8, 4) is 0 Å². The number of aliphatic hydroxyl groups excluding tert-OH is 1. The maximum atomic E-state index is 8.91. The summed E-state index contributed by atoms with van der Waals surface area (Å²) in [6.45, 7) is 15.5. The molecule has 110 valence electrons. The van der Waals surface area contributed by atoms with E-state index in [4.69, 9.17) is 14.6 Å². The first-order valence-corrected chi connectivity index (χ1v) is 7.14. The zero-order valence-electron chi connectivity index (χ0n) is 13.2. The lowest BCUT2D eigenvalue weighted by molar-refractivity contribution is -0.136. The quantitative estimate of drug-likeness (QED) is 0.691. The molecule has 1 N–H and O–H groups in total. The molecule has 0 rings (SSSR count). The summed E-state index contributed by atoms with van der Waals surface area (Å²) in [4.78, 5) is 0. The van der Waals surface area contributed by atoms with Crippen LogP contribution in [0.3, 0.4) is 0 Å². The van der Waals surface area contributed by atoms with Crippen molar-refractivity contribution in [2.75, 3.05) is 13.2 Å². The lowest BCUT2D eigenvalue weighted by atomic mass is 9.81. The summed E-state index contributed by atoms with van der Waals surface area (Å²) in [5.74, 6) is 1.14. The molecule has 0 amide bonds. The van der Waals surface area contributed by atoms with Gasteiger partial charge in [0.05, 0.1) is 31.0 Å². The summed E-state index contributed by atoms with van der Waals surface area (Å²) in [6, 6.07) is 0. The van der Waals surface area contributed by atoms with E-state index >= 15 is 0 Å². The van der Waals surface area contributed by atoms with Crippen molar-refractivity contribution in [3.63, 3.8) is 0 Å². The molecule has 0 fully saturated rings. The van der Waals surface area contributed by atoms with E-state index in [0.717, 1.165) is 0 Å². The monoisotopic (exact) mass is 260 g/mol. The number of aliphatic hydroxyl groups is 1. The van der Waals surface area contributed by atoms with E-state index in [1.54, 1.807) is 0 Å². The number of rotatable bonds is 9. The molecule has 0 heterocycles. The number of hydrogen-bond donors (Lipinski definition) is 1. The molecule has 0 bridgehead atoms. The molecule has 0 aliphatic heterocycles. The lowest BCUT2D eigenvalue weighted by Gasteiger charge is -2.38. The highest BCUT2D eigenvalue weighted by Gasteiger charge is 2.31. The highest BCUT2D eigenvalue weighted by Crippen LogP contribution is 2.30. The van der Waals surface area contributed by atoms with E-state index in [9.17, 15) is 0 Å². The highest BCUT2D eigenvalue weighted by molar-refractivity contribution is 4.80. The third-order valence-corrected chi connectivity index (χ3v) is 3.97. The van der Waals surface area contributed by atoms with Crippen LogP contribution in [0, 0.1) is 11.8 Å². The molecule has 0 spiro atoms. The standard InChI is InChI=1S/C15H32O3/c1-8-11(2)14(5)15(6,7)18-13(4)10-17-12(3)9-16/h11-14,16H,8-10H2,1-7H3. The van der Waals surface area contributed by atoms with Crippen molar-refractivity contribution in [1.29, 1.82) is 0 Å². The Kier molecular flexibility index (Phi) is 8.08. The van der Waals surface area contributed by atoms with E-state index in [2.05, 4.69) is 34.6 Å². The molecule has 0 aromatic heterocycles. The van der Waals surface area contributed by atoms with E-state index in [1.165, 1.54) is 6.42 Å². The van der Waals surface area contributed by atoms with Crippen molar-refractivity contribution in [2.45, 2.75) is 72.7 Å². The van der Waals surface area contributed by atoms with Crippen molar-refractivity contribution < 1.29 is 14.6 Å². The Morgan fingerprint density at radius 1 is 1.06 bits per heavy atom. The van der Waals surface area contributed by atoms with E-state index < -0.39 is 0 Å². The fraction of sp³-hybridized carbons (Fsp3) is 1.00. The van der Waals surface area contributed by atoms with Crippen LogP contribution in [0.5, 0.6) is 0 Å². The Bertz CT molecular complexity index is 216. The Hall–Kier alpha value is -0.120. The van der Waals surface area contributed by atoms with Gasteiger partial charge in [0.2, 0.25) is 0 Å². The molecule has 3 heteroatoms. The van der Waals surface area contributed by atoms with Gasteiger partial charge in [0.25, 0.3) is 0 Å². The Morgan fingerprint density at radius 3 is 2.06 bits per heavy atom. The molecule has 0 aromatic carbocycles. The van der Waals surface area contributed by atoms with Gasteiger partial charge in [0, 0.05) is 0 Å². The van der Waals surface area contributed by atoms with Crippen LogP contribution in [0.4, 0.5) is 0 Å². The average Bonchev–Trinajstić information content (AvgIpc) is 2.33. The zero-order chi connectivity index (χ0) is 14.3. The molecule has 3 nitrogen and oxygen atoms in total. The van der Waals surface area contributed by atoms with Gasteiger partial charge in [-0.25, -0.2) is 0 Å². The predicted octanol–water partition coefficient (Wildman–Crippen LogP) is 3.25. The molecule has 0 aliphatic rings. The smallest absolute Gasteiger partial charge is 0.0788 e. The van der Waals surface area contributed by atoms with Crippen molar-refractivity contribution in [3.05, 3.63) is 0 Å². The topological polar surface area (TPSA) is 38.7 Å². The summed E-state index contributed by atoms with van der Waals surface area (Å²) in [7, 11) is 0. The van der Waals surface area contributed by atoms with Crippen LogP contribution < -0.4 is 0 Å². The van der Waals surface area contributed by atoms with Crippen molar-refractivity contribution in [1.82, 2.24) is 0 Å². The average molecular weight is 260 g/mol. The van der Waals surface area contributed by atoms with E-state index in [-0.39, 0.29) is 24.4 Å². The van der Waals surface area contributed by atoms with Crippen LogP contribution in [0.25, 0.3) is 0 Å². The molecule has 0 saturated heterocycles. The number of hydrogen-bond acceptors (Lipinski definition) is 3. The summed E-state index contributed by atoms with van der Waals surface area (Å²) >= 11 is 0. The second kappa shape index (κ2) is 8.13. The minimum absolute atomic E-state index is 0.0421. The molecule has 0 radical (unpaired) electrons. The van der Waals surface area contributed by atoms with Crippen molar-refractivity contribution >= 4 is 0 Å². The maximum absolute atomic E-state index is 8.91. The summed E-state index contributed by atoms with van der Waals surface area (Å²) in [6.07, 6.45) is 1.09. The van der Waals surface area contributed by atoms with Gasteiger partial charge in [-0.2, -0.15) is 0 Å². The van der Waals surface area contributed by atoms with Gasteiger partial charge in [0.1, 0.15) is 0 Å². The molecule has 0 aromatic rings. The molecule has 0 aliphatic carbocycles. The van der Waals surface area contributed by atoms with Gasteiger partial charge in [-0.15, -0.1) is 0 Å². The molecule has 4 atom stereocenters. The van der Waals surface area contributed by atoms with Crippen LogP contribution in [0.1, 0.15) is 54.9 Å². The van der Waals surface area contributed by atoms with Gasteiger partial charge in [-0.3, -0.25) is 0 Å². The van der Waals surface area contributed by atoms with Gasteiger partial charge < -0.3 is 14.6 Å². The van der Waals surface area contributed by atoms with Crippen LogP contribution in [-0.4, -0.2) is 36.1 Å². The first-order chi connectivity index (χ1) is 8.24. The third kappa shape index (κ3) is 6.17. The minimum atomic E-state index is -0.152. The van der Waals surface area contributed by atoms with Crippen molar-refractivity contribution in [2.24, 2.45) is 11.8 Å². The summed E-state index contributed by atoms with van der Waals surface area (Å²) in [5.41, 5.74) is -0.152. The summed E-state index contributed by atoms with van der Waals surface area (Å²) < 4.78 is 11.6. The molecule has 4 unspecified atom stereocenters. The van der Waals surface area contributed by atoms with Gasteiger partial charge in [0.15, 0.2) is 0 Å². The zero-order valence-corrected chi connectivity index (χ0v) is 13.2. The fourth-order valence-electron chi connectivity index (χ4n) is 2.05. The predicted molar refractivity (Wildman–Crippen MR) is 75.7 cm³/mol. The van der Waals surface area contributed by atoms with Crippen LogP contribution in [0.15, 0.2) is 0 Å². The second-order valence-electron chi connectivity index (χ2n) is 6.03. The summed E-state index contributed by atoms with van der Waals surface area (Å²) in [5, 5.41) is 8.91. The van der Waals surface area contributed by atoms with E-state index in [1.807, 2.05) is 13.8 Å². The molecule has 18 heavy (non-hydrogen) atoms. The van der Waals surface area contributed by atoms with E-state index in [0.29, 0.717) is 18.4 Å². The third-order valence-electron chi connectivity index (χ3n) is 3.97. The Labute approximate surface area is 113 Å². The van der Waals surface area contributed by atoms with Crippen LogP contribution in [0.2, 0.25) is 0 Å². The van der Waals surface area contributed by atoms with Crippen LogP contribution in [-0.2, 0) is 9.47 Å². The number of ether oxygens (including phenoxy) is 2. The van der Waals surface area contributed by atoms with Gasteiger partial charge in [-0.05, 0) is 39.5 Å². The maximum Gasteiger partial charge on any atom is 0.0788 e. The Morgan fingerprint density at radius 2 is 1.61 bits per heavy atom. The first kappa shape index (κ1) is 17.9. The first-order valence-electron chi connectivity index (χ1n) is 7.14. The molecular weight excluding hydrogens is 228 g/mol. The highest BCUT2D eigenvalue weighted by atomic mass is 16.6. The molecule has 0 saturated carbocycles. The molecular formula is C15H32O3. The van der Waals surface area contributed by atoms with Gasteiger partial charge in [-0.1, -0.05) is 27.2 Å². The van der Waals surface area contributed by atoms with Gasteiger partial charge >= 0.3 is 0 Å². The SMILES string of the molecule is CCC(C)C(C)C(C)(C)OC(C)COC(C)CO. The largest absolute Gasteiger partial charge is 0.394 e.